The van der Waals surface area contributed by atoms with Crippen LogP contribution >= 0.6 is 0 Å². The lowest BCUT2D eigenvalue weighted by molar-refractivity contribution is -0.131. The minimum atomic E-state index is -0.884. The molecular formula is C20H32O4. The summed E-state index contributed by atoms with van der Waals surface area (Å²) in [7, 11) is 0. The first-order chi connectivity index (χ1) is 11.0. The van der Waals surface area contributed by atoms with Gasteiger partial charge < -0.3 is 14.9 Å². The highest BCUT2D eigenvalue weighted by Gasteiger charge is 2.40. The lowest BCUT2D eigenvalue weighted by Gasteiger charge is -2.28. The number of hydrogen-bond acceptors (Lipinski definition) is 3. The number of carboxylic acid groups (broad SMARTS) is 1. The molecule has 0 aliphatic carbocycles. The number of aliphatic carboxylic acids is 1. The lowest BCUT2D eigenvalue weighted by atomic mass is 9.96. The normalized spacial score (nSPS) is 26.3. The second-order valence-electron chi connectivity index (χ2n) is 7.64. The zero-order valence-electron chi connectivity index (χ0n) is 15.6. The van der Waals surface area contributed by atoms with Gasteiger partial charge in [0.15, 0.2) is 0 Å². The molecule has 4 nitrogen and oxygen atoms in total. The van der Waals surface area contributed by atoms with E-state index in [0.717, 1.165) is 37.7 Å². The first-order valence-electron chi connectivity index (χ1n) is 8.65. The van der Waals surface area contributed by atoms with Gasteiger partial charge in [-0.05, 0) is 66.7 Å². The van der Waals surface area contributed by atoms with Crippen LogP contribution in [0, 0.1) is 0 Å². The number of aliphatic hydroxyl groups is 1. The van der Waals surface area contributed by atoms with Crippen LogP contribution in [-0.4, -0.2) is 33.5 Å². The van der Waals surface area contributed by atoms with Crippen molar-refractivity contribution in [3.05, 3.63) is 35.5 Å². The van der Waals surface area contributed by atoms with E-state index in [1.54, 1.807) is 13.8 Å². The third-order valence-electron chi connectivity index (χ3n) is 4.41. The number of carboxylic acids is 1. The van der Waals surface area contributed by atoms with E-state index in [1.165, 1.54) is 11.6 Å². The molecule has 0 unspecified atom stereocenters. The van der Waals surface area contributed by atoms with E-state index in [-0.39, 0.29) is 11.7 Å². The molecule has 1 aliphatic rings. The van der Waals surface area contributed by atoms with Crippen molar-refractivity contribution in [2.45, 2.75) is 84.0 Å². The first-order valence-corrected chi connectivity index (χ1v) is 8.65. The molecule has 1 rings (SSSR count). The summed E-state index contributed by atoms with van der Waals surface area (Å²) in [6.07, 6.45) is 11.8. The monoisotopic (exact) mass is 336 g/mol. The summed E-state index contributed by atoms with van der Waals surface area (Å²) in [5.41, 5.74) is 1.04. The average Bonchev–Trinajstić information content (AvgIpc) is 2.80. The highest BCUT2D eigenvalue weighted by molar-refractivity contribution is 5.80. The summed E-state index contributed by atoms with van der Waals surface area (Å²) in [4.78, 5) is 10.6. The van der Waals surface area contributed by atoms with Gasteiger partial charge in [-0.3, -0.25) is 0 Å². The summed E-state index contributed by atoms with van der Waals surface area (Å²) in [6.45, 7) is 9.57. The predicted octanol–water partition coefficient (Wildman–Crippen LogP) is 4.40. The van der Waals surface area contributed by atoms with Crippen molar-refractivity contribution in [3.63, 3.8) is 0 Å². The van der Waals surface area contributed by atoms with Crippen molar-refractivity contribution in [1.82, 2.24) is 0 Å². The fraction of sp³-hybridized carbons (Fsp3) is 0.650. The van der Waals surface area contributed by atoms with E-state index in [9.17, 15) is 9.90 Å². The van der Waals surface area contributed by atoms with Gasteiger partial charge in [0, 0.05) is 6.08 Å². The maximum atomic E-state index is 10.6. The molecule has 0 amide bonds. The second-order valence-corrected chi connectivity index (χ2v) is 7.64. The van der Waals surface area contributed by atoms with E-state index in [1.807, 2.05) is 6.92 Å². The molecule has 0 radical (unpaired) electrons. The standard InChI is InChI=1S/C20H32O4/c1-15(8-6-9-16(2)14-18(21)22)10-7-12-20(5)13-11-17(24-20)19(3,4)23/h7-8,12,14,17,23H,6,9-11,13H2,1-5H3,(H,21,22)/b12-7+,15-8+,16-14+/t17-,20-/m1/s1. The SMILES string of the molecule is C/C(=C\CC/C(C)=C/C(=O)O)C/C=C/[C@]1(C)CC[C@H](C(C)(C)O)O1. The molecule has 1 aliphatic heterocycles. The molecule has 0 aromatic carbocycles. The van der Waals surface area contributed by atoms with Gasteiger partial charge in [0.25, 0.3) is 0 Å². The Hall–Kier alpha value is -1.39. The third-order valence-corrected chi connectivity index (χ3v) is 4.41. The van der Waals surface area contributed by atoms with Crippen LogP contribution in [0.15, 0.2) is 35.5 Å². The first kappa shape index (κ1) is 20.7. The Morgan fingerprint density at radius 1 is 1.33 bits per heavy atom. The maximum Gasteiger partial charge on any atom is 0.328 e. The highest BCUT2D eigenvalue weighted by atomic mass is 16.5. The minimum Gasteiger partial charge on any atom is -0.478 e. The van der Waals surface area contributed by atoms with Crippen LogP contribution in [0.2, 0.25) is 0 Å². The Morgan fingerprint density at radius 2 is 2.00 bits per heavy atom. The average molecular weight is 336 g/mol. The van der Waals surface area contributed by atoms with E-state index in [2.05, 4.69) is 32.1 Å². The Balaban J connectivity index is 2.43. The predicted molar refractivity (Wildman–Crippen MR) is 97.0 cm³/mol. The topological polar surface area (TPSA) is 66.8 Å². The van der Waals surface area contributed by atoms with Crippen molar-refractivity contribution < 1.29 is 19.7 Å². The van der Waals surface area contributed by atoms with Crippen molar-refractivity contribution in [2.75, 3.05) is 0 Å². The molecular weight excluding hydrogens is 304 g/mol. The third kappa shape index (κ3) is 7.45. The molecule has 4 heteroatoms. The van der Waals surface area contributed by atoms with Gasteiger partial charge in [0.2, 0.25) is 0 Å². The van der Waals surface area contributed by atoms with Crippen LogP contribution < -0.4 is 0 Å². The van der Waals surface area contributed by atoms with Crippen LogP contribution in [0.3, 0.4) is 0 Å². The van der Waals surface area contributed by atoms with Gasteiger partial charge in [0.1, 0.15) is 0 Å². The fourth-order valence-electron chi connectivity index (χ4n) is 2.89. The van der Waals surface area contributed by atoms with E-state index in [4.69, 9.17) is 9.84 Å². The molecule has 1 heterocycles. The van der Waals surface area contributed by atoms with Crippen LogP contribution in [0.4, 0.5) is 0 Å². The van der Waals surface area contributed by atoms with Crippen molar-refractivity contribution in [3.8, 4) is 0 Å². The number of ether oxygens (including phenoxy) is 1. The Morgan fingerprint density at radius 3 is 2.54 bits per heavy atom. The number of allylic oxidation sites excluding steroid dienone is 4. The summed E-state index contributed by atoms with van der Waals surface area (Å²) < 4.78 is 6.03. The fourth-order valence-corrected chi connectivity index (χ4v) is 2.89. The summed E-state index contributed by atoms with van der Waals surface area (Å²) >= 11 is 0. The van der Waals surface area contributed by atoms with Crippen LogP contribution in [0.5, 0.6) is 0 Å². The second kappa shape index (κ2) is 8.63. The molecule has 0 aromatic heterocycles. The molecule has 24 heavy (non-hydrogen) atoms. The summed E-state index contributed by atoms with van der Waals surface area (Å²) in [5.74, 6) is -0.884. The minimum absolute atomic E-state index is 0.118. The smallest absolute Gasteiger partial charge is 0.328 e. The van der Waals surface area contributed by atoms with Crippen LogP contribution in [-0.2, 0) is 9.53 Å². The molecule has 0 spiro atoms. The quantitative estimate of drug-likeness (QED) is 0.509. The molecule has 2 atom stereocenters. The zero-order valence-corrected chi connectivity index (χ0v) is 15.6. The molecule has 136 valence electrons. The Bertz CT molecular complexity index is 522. The molecule has 1 saturated heterocycles. The number of rotatable bonds is 8. The van der Waals surface area contributed by atoms with Gasteiger partial charge >= 0.3 is 5.97 Å². The van der Waals surface area contributed by atoms with Gasteiger partial charge in [-0.1, -0.05) is 29.4 Å². The van der Waals surface area contributed by atoms with E-state index in [0.29, 0.717) is 0 Å². The van der Waals surface area contributed by atoms with Crippen molar-refractivity contribution in [1.29, 1.82) is 0 Å². The summed E-state index contributed by atoms with van der Waals surface area (Å²) in [6, 6.07) is 0. The lowest BCUT2D eigenvalue weighted by Crippen LogP contribution is -2.37. The maximum absolute atomic E-state index is 10.6. The molecule has 0 aromatic rings. The number of hydrogen-bond donors (Lipinski definition) is 2. The molecule has 2 N–H and O–H groups in total. The largest absolute Gasteiger partial charge is 0.478 e. The Kier molecular flexibility index (Phi) is 7.43. The van der Waals surface area contributed by atoms with Crippen LogP contribution in [0.1, 0.15) is 66.7 Å². The van der Waals surface area contributed by atoms with Gasteiger partial charge in [-0.2, -0.15) is 0 Å². The van der Waals surface area contributed by atoms with Crippen molar-refractivity contribution in [2.24, 2.45) is 0 Å². The van der Waals surface area contributed by atoms with Gasteiger partial charge in [0.05, 0.1) is 17.3 Å². The van der Waals surface area contributed by atoms with E-state index >= 15 is 0 Å². The van der Waals surface area contributed by atoms with Crippen LogP contribution in [0.25, 0.3) is 0 Å². The Labute approximate surface area is 145 Å². The molecule has 0 bridgehead atoms. The summed E-state index contributed by atoms with van der Waals surface area (Å²) in [5, 5.41) is 18.7. The molecule has 0 saturated carbocycles. The highest BCUT2D eigenvalue weighted by Crippen LogP contribution is 2.36. The van der Waals surface area contributed by atoms with Gasteiger partial charge in [-0.25, -0.2) is 4.79 Å². The van der Waals surface area contributed by atoms with Gasteiger partial charge in [-0.15, -0.1) is 0 Å². The van der Waals surface area contributed by atoms with E-state index < -0.39 is 11.6 Å². The number of carbonyl (C=O) groups is 1. The molecule has 1 fully saturated rings. The zero-order chi connectivity index (χ0) is 18.4. The van der Waals surface area contributed by atoms with Crippen molar-refractivity contribution >= 4 is 5.97 Å².